The van der Waals surface area contributed by atoms with Crippen molar-refractivity contribution in [2.24, 2.45) is 0 Å². The number of hydrogen-bond donors (Lipinski definition) is 1. The van der Waals surface area contributed by atoms with E-state index in [1.54, 1.807) is 30.3 Å². The fourth-order valence-electron chi connectivity index (χ4n) is 1.91. The van der Waals surface area contributed by atoms with Gasteiger partial charge in [-0.3, -0.25) is 9.59 Å². The second kappa shape index (κ2) is 8.34. The molecule has 1 amide bonds. The van der Waals surface area contributed by atoms with E-state index < -0.39 is 0 Å². The highest BCUT2D eigenvalue weighted by Crippen LogP contribution is 2.28. The minimum Gasteiger partial charge on any atom is -0.492 e. The fourth-order valence-corrected chi connectivity index (χ4v) is 3.09. The molecular formula is C16H15Cl2NO3S. The van der Waals surface area contributed by atoms with Gasteiger partial charge in [-0.25, -0.2) is 0 Å². The molecule has 0 atom stereocenters. The topological polar surface area (TPSA) is 55.4 Å². The average Bonchev–Trinajstić information content (AvgIpc) is 2.94. The van der Waals surface area contributed by atoms with Crippen molar-refractivity contribution in [2.75, 3.05) is 11.9 Å². The molecule has 2 aromatic rings. The Balaban J connectivity index is 1.94. The van der Waals surface area contributed by atoms with Crippen molar-refractivity contribution in [3.63, 3.8) is 0 Å². The van der Waals surface area contributed by atoms with Crippen LogP contribution >= 0.6 is 34.5 Å². The summed E-state index contributed by atoms with van der Waals surface area (Å²) in [5.74, 6) is 0.166. The molecule has 0 aliphatic heterocycles. The summed E-state index contributed by atoms with van der Waals surface area (Å²) in [5, 5.41) is 3.22. The Hall–Kier alpha value is -1.56. The molecule has 1 aromatic heterocycles. The van der Waals surface area contributed by atoms with Crippen molar-refractivity contribution in [1.29, 1.82) is 0 Å². The number of halogens is 2. The molecule has 1 N–H and O–H groups in total. The molecule has 0 fully saturated rings. The SMILES string of the molecule is CCOc1ccc(Cl)cc1NC(=O)CCC(=O)c1ccc(Cl)s1. The van der Waals surface area contributed by atoms with Gasteiger partial charge in [0.25, 0.3) is 0 Å². The zero-order chi connectivity index (χ0) is 16.8. The predicted octanol–water partition coefficient (Wildman–Crippen LogP) is 5.06. The Morgan fingerprint density at radius 3 is 2.61 bits per heavy atom. The number of hydrogen-bond acceptors (Lipinski definition) is 4. The number of thiophene rings is 1. The summed E-state index contributed by atoms with van der Waals surface area (Å²) in [6.45, 7) is 2.33. The van der Waals surface area contributed by atoms with Crippen LogP contribution in [0.4, 0.5) is 5.69 Å². The highest BCUT2D eigenvalue weighted by Gasteiger charge is 2.13. The van der Waals surface area contributed by atoms with E-state index in [0.29, 0.717) is 32.3 Å². The van der Waals surface area contributed by atoms with Crippen LogP contribution in [-0.2, 0) is 4.79 Å². The van der Waals surface area contributed by atoms with E-state index in [1.165, 1.54) is 11.3 Å². The van der Waals surface area contributed by atoms with Gasteiger partial charge >= 0.3 is 0 Å². The third-order valence-electron chi connectivity index (χ3n) is 2.94. The van der Waals surface area contributed by atoms with Crippen LogP contribution in [0.5, 0.6) is 5.75 Å². The number of Topliss-reactive ketones (excluding diaryl/α,β-unsaturated/α-hetero) is 1. The minimum atomic E-state index is -0.274. The Kier molecular flexibility index (Phi) is 6.45. The van der Waals surface area contributed by atoms with Gasteiger partial charge in [-0.1, -0.05) is 23.2 Å². The molecule has 0 aliphatic carbocycles. The van der Waals surface area contributed by atoms with E-state index in [-0.39, 0.29) is 24.5 Å². The highest BCUT2D eigenvalue weighted by molar-refractivity contribution is 7.18. The summed E-state index contributed by atoms with van der Waals surface area (Å²) in [4.78, 5) is 24.6. The molecule has 1 heterocycles. The molecule has 0 bridgehead atoms. The summed E-state index contributed by atoms with van der Waals surface area (Å²) < 4.78 is 5.99. The lowest BCUT2D eigenvalue weighted by atomic mass is 10.2. The van der Waals surface area contributed by atoms with E-state index in [4.69, 9.17) is 27.9 Å². The van der Waals surface area contributed by atoms with Gasteiger partial charge in [-0.2, -0.15) is 0 Å². The van der Waals surface area contributed by atoms with Gasteiger partial charge in [-0.15, -0.1) is 11.3 Å². The maximum Gasteiger partial charge on any atom is 0.224 e. The molecule has 0 unspecified atom stereocenters. The summed E-state index contributed by atoms with van der Waals surface area (Å²) in [7, 11) is 0. The summed E-state index contributed by atoms with van der Waals surface area (Å²) in [6.07, 6.45) is 0.194. The second-order valence-corrected chi connectivity index (χ2v) is 6.80. The number of amides is 1. The molecule has 2 rings (SSSR count). The predicted molar refractivity (Wildman–Crippen MR) is 94.1 cm³/mol. The van der Waals surface area contributed by atoms with Gasteiger partial charge < -0.3 is 10.1 Å². The first-order chi connectivity index (χ1) is 11.0. The van der Waals surface area contributed by atoms with Gasteiger partial charge in [0.1, 0.15) is 5.75 Å². The number of carbonyl (C=O) groups excluding carboxylic acids is 2. The summed E-state index contributed by atoms with van der Waals surface area (Å²) >= 11 is 12.9. The van der Waals surface area contributed by atoms with Crippen molar-refractivity contribution in [3.05, 3.63) is 44.6 Å². The Bertz CT molecular complexity index is 715. The van der Waals surface area contributed by atoms with Crippen LogP contribution in [0.3, 0.4) is 0 Å². The molecule has 0 saturated heterocycles. The zero-order valence-corrected chi connectivity index (χ0v) is 14.7. The molecular weight excluding hydrogens is 357 g/mol. The largest absolute Gasteiger partial charge is 0.492 e. The fraction of sp³-hybridized carbons (Fsp3) is 0.250. The molecule has 0 spiro atoms. The Morgan fingerprint density at radius 2 is 1.96 bits per heavy atom. The van der Waals surface area contributed by atoms with E-state index in [1.807, 2.05) is 6.92 Å². The van der Waals surface area contributed by atoms with Gasteiger partial charge in [0.2, 0.25) is 5.91 Å². The molecule has 122 valence electrons. The number of ketones is 1. The van der Waals surface area contributed by atoms with Crippen molar-refractivity contribution in [1.82, 2.24) is 0 Å². The number of carbonyl (C=O) groups is 2. The molecule has 7 heteroatoms. The maximum atomic E-state index is 12.0. The maximum absolute atomic E-state index is 12.0. The Labute approximate surface area is 148 Å². The van der Waals surface area contributed by atoms with Crippen LogP contribution in [0, 0.1) is 0 Å². The molecule has 4 nitrogen and oxygen atoms in total. The van der Waals surface area contributed by atoms with Gasteiger partial charge in [0.15, 0.2) is 5.78 Å². The zero-order valence-electron chi connectivity index (χ0n) is 12.4. The van der Waals surface area contributed by atoms with Crippen LogP contribution in [0.15, 0.2) is 30.3 Å². The number of ether oxygens (including phenoxy) is 1. The molecule has 1 aromatic carbocycles. The third kappa shape index (κ3) is 5.23. The van der Waals surface area contributed by atoms with Crippen molar-refractivity contribution < 1.29 is 14.3 Å². The molecule has 0 aliphatic rings. The van der Waals surface area contributed by atoms with Gasteiger partial charge in [-0.05, 0) is 37.3 Å². The normalized spacial score (nSPS) is 10.4. The lowest BCUT2D eigenvalue weighted by Gasteiger charge is -2.11. The summed E-state index contributed by atoms with van der Waals surface area (Å²) in [5.41, 5.74) is 0.496. The van der Waals surface area contributed by atoms with E-state index in [2.05, 4.69) is 5.32 Å². The monoisotopic (exact) mass is 371 g/mol. The van der Waals surface area contributed by atoms with E-state index >= 15 is 0 Å². The van der Waals surface area contributed by atoms with E-state index in [9.17, 15) is 9.59 Å². The van der Waals surface area contributed by atoms with Crippen LogP contribution in [0.2, 0.25) is 9.36 Å². The first-order valence-corrected chi connectivity index (χ1v) is 8.57. The third-order valence-corrected chi connectivity index (χ3v) is 4.45. The second-order valence-electron chi connectivity index (χ2n) is 4.65. The van der Waals surface area contributed by atoms with Gasteiger partial charge in [0, 0.05) is 17.9 Å². The molecule has 23 heavy (non-hydrogen) atoms. The first kappa shape index (κ1) is 17.8. The van der Waals surface area contributed by atoms with Crippen LogP contribution in [0.25, 0.3) is 0 Å². The minimum absolute atomic E-state index is 0.0758. The highest BCUT2D eigenvalue weighted by atomic mass is 35.5. The van der Waals surface area contributed by atoms with Crippen LogP contribution in [-0.4, -0.2) is 18.3 Å². The smallest absolute Gasteiger partial charge is 0.224 e. The van der Waals surface area contributed by atoms with Gasteiger partial charge in [0.05, 0.1) is 21.5 Å². The Morgan fingerprint density at radius 1 is 1.17 bits per heavy atom. The van der Waals surface area contributed by atoms with Crippen molar-refractivity contribution in [2.45, 2.75) is 19.8 Å². The lowest BCUT2D eigenvalue weighted by molar-refractivity contribution is -0.116. The lowest BCUT2D eigenvalue weighted by Crippen LogP contribution is -2.14. The van der Waals surface area contributed by atoms with Crippen LogP contribution < -0.4 is 10.1 Å². The van der Waals surface area contributed by atoms with E-state index in [0.717, 1.165) is 0 Å². The first-order valence-electron chi connectivity index (χ1n) is 7.00. The molecule has 0 radical (unpaired) electrons. The van der Waals surface area contributed by atoms with Crippen molar-refractivity contribution in [3.8, 4) is 5.75 Å². The average molecular weight is 372 g/mol. The molecule has 0 saturated carbocycles. The quantitative estimate of drug-likeness (QED) is 0.692. The summed E-state index contributed by atoms with van der Waals surface area (Å²) in [6, 6.07) is 8.33. The van der Waals surface area contributed by atoms with Crippen LogP contribution in [0.1, 0.15) is 29.4 Å². The standard InChI is InChI=1S/C16H15Cl2NO3S/c1-2-22-13-5-3-10(17)9-11(13)19-16(21)8-4-12(20)14-6-7-15(18)23-14/h3,5-7,9H,2,4,8H2,1H3,(H,19,21). The number of rotatable bonds is 7. The number of benzene rings is 1. The number of nitrogens with one attached hydrogen (secondary N) is 1. The van der Waals surface area contributed by atoms with Crippen molar-refractivity contribution >= 4 is 51.9 Å². The number of anilines is 1.